The Labute approximate surface area is 59.7 Å². The molecule has 1 unspecified atom stereocenters. The van der Waals surface area contributed by atoms with Gasteiger partial charge in [-0.25, -0.2) is 0 Å². The van der Waals surface area contributed by atoms with Crippen LogP contribution < -0.4 is 0 Å². The highest BCUT2D eigenvalue weighted by molar-refractivity contribution is 7.86. The highest BCUT2D eigenvalue weighted by atomic mass is 32.2. The van der Waals surface area contributed by atoms with Gasteiger partial charge in [0.05, 0.1) is 6.61 Å². The van der Waals surface area contributed by atoms with Gasteiger partial charge in [-0.3, -0.25) is 4.55 Å². The molecule has 0 aromatic heterocycles. The SMILES string of the molecule is COCC(OC)S(=O)(=O)O. The summed E-state index contributed by atoms with van der Waals surface area (Å²) in [7, 11) is -1.63. The van der Waals surface area contributed by atoms with Gasteiger partial charge < -0.3 is 9.47 Å². The number of rotatable bonds is 4. The van der Waals surface area contributed by atoms with Gasteiger partial charge in [0, 0.05) is 14.2 Å². The van der Waals surface area contributed by atoms with Crippen LogP contribution in [0.5, 0.6) is 0 Å². The van der Waals surface area contributed by atoms with Crippen molar-refractivity contribution in [1.29, 1.82) is 0 Å². The topological polar surface area (TPSA) is 72.8 Å². The van der Waals surface area contributed by atoms with Crippen molar-refractivity contribution in [3.05, 3.63) is 0 Å². The lowest BCUT2D eigenvalue weighted by Gasteiger charge is -2.09. The van der Waals surface area contributed by atoms with Gasteiger partial charge >= 0.3 is 0 Å². The van der Waals surface area contributed by atoms with Crippen molar-refractivity contribution in [3.63, 3.8) is 0 Å². The van der Waals surface area contributed by atoms with Crippen LogP contribution in [0, 0.1) is 0 Å². The Morgan fingerprint density at radius 2 is 2.00 bits per heavy atom. The molecule has 0 bridgehead atoms. The van der Waals surface area contributed by atoms with Gasteiger partial charge in [-0.05, 0) is 0 Å². The van der Waals surface area contributed by atoms with E-state index < -0.39 is 15.6 Å². The average Bonchev–Trinajstić information content (AvgIpc) is 1.80. The third-order valence-corrected chi connectivity index (χ3v) is 1.89. The maximum Gasteiger partial charge on any atom is 0.294 e. The fourth-order valence-electron chi connectivity index (χ4n) is 0.412. The third kappa shape index (κ3) is 3.11. The quantitative estimate of drug-likeness (QED) is 0.575. The van der Waals surface area contributed by atoms with Crippen LogP contribution in [0.15, 0.2) is 0 Å². The van der Waals surface area contributed by atoms with E-state index in [4.69, 9.17) is 4.55 Å². The van der Waals surface area contributed by atoms with Gasteiger partial charge in [-0.2, -0.15) is 8.42 Å². The van der Waals surface area contributed by atoms with Crippen molar-refractivity contribution >= 4 is 10.1 Å². The van der Waals surface area contributed by atoms with Gasteiger partial charge in [0.25, 0.3) is 10.1 Å². The first-order valence-electron chi connectivity index (χ1n) is 2.50. The number of hydrogen-bond donors (Lipinski definition) is 1. The minimum Gasteiger partial charge on any atom is -0.381 e. The van der Waals surface area contributed by atoms with Crippen molar-refractivity contribution in [3.8, 4) is 0 Å². The summed E-state index contributed by atoms with van der Waals surface area (Å²) >= 11 is 0. The summed E-state index contributed by atoms with van der Waals surface area (Å²) in [6.07, 6.45) is 0. The zero-order valence-corrected chi connectivity index (χ0v) is 6.59. The molecular weight excluding hydrogens is 160 g/mol. The summed E-state index contributed by atoms with van der Waals surface area (Å²) in [5.74, 6) is 0. The Morgan fingerprint density at radius 3 is 2.10 bits per heavy atom. The van der Waals surface area contributed by atoms with Gasteiger partial charge in [0.2, 0.25) is 5.44 Å². The largest absolute Gasteiger partial charge is 0.381 e. The smallest absolute Gasteiger partial charge is 0.294 e. The van der Waals surface area contributed by atoms with E-state index in [-0.39, 0.29) is 6.61 Å². The van der Waals surface area contributed by atoms with E-state index in [0.29, 0.717) is 0 Å². The van der Waals surface area contributed by atoms with Crippen molar-refractivity contribution < 1.29 is 22.4 Å². The standard InChI is InChI=1S/C4H10O5S/c1-8-3-4(9-2)10(5,6)7/h4H,3H2,1-2H3,(H,5,6,7). The Kier molecular flexibility index (Phi) is 3.80. The monoisotopic (exact) mass is 170 g/mol. The molecule has 0 aliphatic carbocycles. The zero-order chi connectivity index (χ0) is 8.20. The van der Waals surface area contributed by atoms with Crippen LogP contribution in [0.1, 0.15) is 0 Å². The summed E-state index contributed by atoms with van der Waals surface area (Å²) in [6.45, 7) is -0.171. The molecule has 0 rings (SSSR count). The average molecular weight is 170 g/mol. The van der Waals surface area contributed by atoms with Crippen LogP contribution in [0.4, 0.5) is 0 Å². The maximum atomic E-state index is 10.3. The predicted molar refractivity (Wildman–Crippen MR) is 34.2 cm³/mol. The van der Waals surface area contributed by atoms with Crippen LogP contribution in [0.2, 0.25) is 0 Å². The zero-order valence-electron chi connectivity index (χ0n) is 5.77. The lowest BCUT2D eigenvalue weighted by atomic mass is 10.8. The summed E-state index contributed by atoms with van der Waals surface area (Å²) < 4.78 is 37.8. The van der Waals surface area contributed by atoms with Crippen molar-refractivity contribution in [2.24, 2.45) is 0 Å². The molecule has 10 heavy (non-hydrogen) atoms. The van der Waals surface area contributed by atoms with E-state index in [9.17, 15) is 8.42 Å². The van der Waals surface area contributed by atoms with Gasteiger partial charge in [0.1, 0.15) is 0 Å². The highest BCUT2D eigenvalue weighted by Gasteiger charge is 2.21. The molecule has 6 heteroatoms. The molecule has 1 N–H and O–H groups in total. The Balaban J connectivity index is 4.08. The van der Waals surface area contributed by atoms with Gasteiger partial charge in [-0.15, -0.1) is 0 Å². The molecule has 5 nitrogen and oxygen atoms in total. The molecule has 0 aromatic carbocycles. The van der Waals surface area contributed by atoms with Crippen molar-refractivity contribution in [1.82, 2.24) is 0 Å². The molecule has 0 aliphatic heterocycles. The van der Waals surface area contributed by atoms with Crippen LogP contribution in [0.25, 0.3) is 0 Å². The van der Waals surface area contributed by atoms with Crippen molar-refractivity contribution in [2.45, 2.75) is 5.44 Å². The number of ether oxygens (including phenoxy) is 2. The van der Waals surface area contributed by atoms with Crippen LogP contribution in [-0.2, 0) is 19.6 Å². The maximum absolute atomic E-state index is 10.3. The van der Waals surface area contributed by atoms with Crippen LogP contribution in [-0.4, -0.2) is 39.2 Å². The molecule has 0 heterocycles. The molecule has 0 saturated carbocycles. The lowest BCUT2D eigenvalue weighted by molar-refractivity contribution is 0.0702. The number of methoxy groups -OCH3 is 2. The minimum absolute atomic E-state index is 0.171. The summed E-state index contributed by atoms with van der Waals surface area (Å²) in [6, 6.07) is 0. The van der Waals surface area contributed by atoms with Gasteiger partial charge in [-0.1, -0.05) is 0 Å². The van der Waals surface area contributed by atoms with E-state index in [1.807, 2.05) is 0 Å². The molecule has 0 spiro atoms. The molecule has 0 aromatic rings. The molecule has 0 fully saturated rings. The van der Waals surface area contributed by atoms with Crippen molar-refractivity contribution in [2.75, 3.05) is 20.8 Å². The Bertz CT molecular complexity index is 172. The van der Waals surface area contributed by atoms with E-state index in [2.05, 4.69) is 9.47 Å². The summed E-state index contributed by atoms with van der Waals surface area (Å²) in [5, 5.41) is 0. The molecule has 0 radical (unpaired) electrons. The van der Waals surface area contributed by atoms with E-state index in [0.717, 1.165) is 0 Å². The molecule has 0 amide bonds. The minimum atomic E-state index is -4.12. The number of hydrogen-bond acceptors (Lipinski definition) is 4. The van der Waals surface area contributed by atoms with E-state index >= 15 is 0 Å². The highest BCUT2D eigenvalue weighted by Crippen LogP contribution is 1.98. The third-order valence-electron chi connectivity index (χ3n) is 0.898. The van der Waals surface area contributed by atoms with Crippen LogP contribution in [0.3, 0.4) is 0 Å². The molecule has 0 aliphatic rings. The predicted octanol–water partition coefficient (Wildman–Crippen LogP) is -0.507. The first-order chi connectivity index (χ1) is 4.52. The molecular formula is C4H10O5S. The fraction of sp³-hybridized carbons (Fsp3) is 1.00. The summed E-state index contributed by atoms with van der Waals surface area (Å²) in [4.78, 5) is 0. The molecule has 62 valence electrons. The first-order valence-corrected chi connectivity index (χ1v) is 4.00. The second kappa shape index (κ2) is 3.87. The second-order valence-electron chi connectivity index (χ2n) is 1.64. The molecule has 0 saturated heterocycles. The van der Waals surface area contributed by atoms with E-state index in [1.54, 1.807) is 0 Å². The first kappa shape index (κ1) is 9.83. The van der Waals surface area contributed by atoms with Crippen LogP contribution >= 0.6 is 0 Å². The Morgan fingerprint density at radius 1 is 1.50 bits per heavy atom. The fourth-order valence-corrected chi connectivity index (χ4v) is 0.963. The van der Waals surface area contributed by atoms with Gasteiger partial charge in [0.15, 0.2) is 0 Å². The Hall–Kier alpha value is -0.170. The second-order valence-corrected chi connectivity index (χ2v) is 3.19. The lowest BCUT2D eigenvalue weighted by Crippen LogP contribution is -2.27. The summed E-state index contributed by atoms with van der Waals surface area (Å²) in [5.41, 5.74) is -1.28. The normalized spacial score (nSPS) is 15.1. The molecule has 1 atom stereocenters. The van der Waals surface area contributed by atoms with E-state index in [1.165, 1.54) is 14.2 Å².